The van der Waals surface area contributed by atoms with Crippen molar-refractivity contribution in [3.63, 3.8) is 0 Å². The zero-order valence-corrected chi connectivity index (χ0v) is 13.0. The first-order valence-electron chi connectivity index (χ1n) is 6.60. The lowest BCUT2D eigenvalue weighted by Gasteiger charge is -2.16. The lowest BCUT2D eigenvalue weighted by molar-refractivity contribution is 0.0144. The van der Waals surface area contributed by atoms with E-state index < -0.39 is 13.0 Å². The average Bonchev–Trinajstić information content (AvgIpc) is 2.81. The van der Waals surface area contributed by atoms with Crippen LogP contribution in [0.25, 0.3) is 0 Å². The van der Waals surface area contributed by atoms with E-state index in [-0.39, 0.29) is 18.1 Å². The topological polar surface area (TPSA) is 60.2 Å². The van der Waals surface area contributed by atoms with Crippen LogP contribution in [0.1, 0.15) is 37.9 Å². The Balaban J connectivity index is 2.42. The van der Waals surface area contributed by atoms with Crippen molar-refractivity contribution in [3.8, 4) is 0 Å². The zero-order valence-electron chi connectivity index (χ0n) is 12.2. The summed E-state index contributed by atoms with van der Waals surface area (Å²) in [6, 6.07) is -0.0216. The van der Waals surface area contributed by atoms with Crippen LogP contribution in [-0.2, 0) is 16.6 Å². The number of nitrogens with one attached hydrogen (secondary N) is 1. The summed E-state index contributed by atoms with van der Waals surface area (Å²) < 4.78 is 28.7. The van der Waals surface area contributed by atoms with Gasteiger partial charge in [-0.1, -0.05) is 20.8 Å². The number of nitrogens with zero attached hydrogens (tertiary/aromatic N) is 1. The van der Waals surface area contributed by atoms with E-state index in [1.54, 1.807) is 11.3 Å². The SMILES string of the molecule is CC(C)(C)c1csc(CC(CCOCC(F)F)NN)n1. The highest BCUT2D eigenvalue weighted by Gasteiger charge is 2.18. The molecule has 0 fully saturated rings. The van der Waals surface area contributed by atoms with E-state index in [0.717, 1.165) is 10.7 Å². The van der Waals surface area contributed by atoms with Gasteiger partial charge in [-0.25, -0.2) is 13.8 Å². The Hall–Kier alpha value is -0.630. The lowest BCUT2D eigenvalue weighted by Crippen LogP contribution is -2.37. The summed E-state index contributed by atoms with van der Waals surface area (Å²) >= 11 is 1.60. The van der Waals surface area contributed by atoms with E-state index in [0.29, 0.717) is 12.8 Å². The van der Waals surface area contributed by atoms with E-state index in [2.05, 4.69) is 36.6 Å². The molecule has 1 heterocycles. The molecule has 0 amide bonds. The van der Waals surface area contributed by atoms with E-state index >= 15 is 0 Å². The normalized spacial score (nSPS) is 13.9. The van der Waals surface area contributed by atoms with Crippen molar-refractivity contribution in [1.82, 2.24) is 10.4 Å². The number of halogens is 2. The molecule has 0 saturated heterocycles. The van der Waals surface area contributed by atoms with Crippen LogP contribution in [0.15, 0.2) is 5.38 Å². The van der Waals surface area contributed by atoms with Crippen LogP contribution in [0.5, 0.6) is 0 Å². The summed E-state index contributed by atoms with van der Waals surface area (Å²) in [6.07, 6.45) is -1.17. The van der Waals surface area contributed by atoms with Crippen LogP contribution >= 0.6 is 11.3 Å². The Labute approximate surface area is 122 Å². The van der Waals surface area contributed by atoms with E-state index in [4.69, 9.17) is 10.6 Å². The Morgan fingerprint density at radius 3 is 2.65 bits per heavy atom. The fraction of sp³-hybridized carbons (Fsp3) is 0.769. The second-order valence-corrected chi connectivity index (χ2v) is 6.64. The van der Waals surface area contributed by atoms with E-state index in [1.807, 2.05) is 0 Å². The van der Waals surface area contributed by atoms with Crippen LogP contribution < -0.4 is 11.3 Å². The number of thiazole rings is 1. The molecule has 116 valence electrons. The molecule has 20 heavy (non-hydrogen) atoms. The summed E-state index contributed by atoms with van der Waals surface area (Å²) in [5, 5.41) is 3.04. The van der Waals surface area contributed by atoms with Gasteiger partial charge in [0.05, 0.1) is 10.7 Å². The number of hydrazine groups is 1. The van der Waals surface area contributed by atoms with Crippen molar-refractivity contribution in [2.45, 2.75) is 51.5 Å². The molecule has 0 aliphatic carbocycles. The number of rotatable bonds is 8. The first kappa shape index (κ1) is 17.4. The minimum atomic E-state index is -2.42. The molecular weight excluding hydrogens is 284 g/mol. The third-order valence-corrected chi connectivity index (χ3v) is 3.70. The molecule has 0 saturated carbocycles. The first-order valence-corrected chi connectivity index (χ1v) is 7.47. The summed E-state index contributed by atoms with van der Waals surface area (Å²) in [5.74, 6) is 5.48. The molecule has 0 spiro atoms. The first-order chi connectivity index (χ1) is 9.32. The van der Waals surface area contributed by atoms with Gasteiger partial charge in [-0.3, -0.25) is 11.3 Å². The number of ether oxygens (including phenoxy) is 1. The molecule has 1 aromatic heterocycles. The quantitative estimate of drug-likeness (QED) is 0.440. The van der Waals surface area contributed by atoms with Gasteiger partial charge in [-0.2, -0.15) is 0 Å². The standard InChI is InChI=1S/C13H23F2N3OS/c1-13(2,3)10-8-20-12(17-10)6-9(18-16)4-5-19-7-11(14)15/h8-9,11,18H,4-7,16H2,1-3H3. The molecule has 1 aromatic rings. The minimum Gasteiger partial charge on any atom is -0.375 e. The highest BCUT2D eigenvalue weighted by molar-refractivity contribution is 7.09. The van der Waals surface area contributed by atoms with Crippen molar-refractivity contribution < 1.29 is 13.5 Å². The summed E-state index contributed by atoms with van der Waals surface area (Å²) in [6.45, 7) is 6.08. The van der Waals surface area contributed by atoms with E-state index in [9.17, 15) is 8.78 Å². The Morgan fingerprint density at radius 2 is 2.15 bits per heavy atom. The highest BCUT2D eigenvalue weighted by atomic mass is 32.1. The fourth-order valence-corrected chi connectivity index (χ4v) is 2.70. The molecule has 0 bridgehead atoms. The maximum Gasteiger partial charge on any atom is 0.261 e. The van der Waals surface area contributed by atoms with Gasteiger partial charge >= 0.3 is 0 Å². The van der Waals surface area contributed by atoms with Gasteiger partial charge < -0.3 is 4.74 Å². The molecule has 7 heteroatoms. The second-order valence-electron chi connectivity index (χ2n) is 5.70. The monoisotopic (exact) mass is 307 g/mol. The molecule has 1 atom stereocenters. The molecule has 0 aliphatic rings. The van der Waals surface area contributed by atoms with Crippen LogP contribution in [0, 0.1) is 0 Å². The molecule has 0 aromatic carbocycles. The zero-order chi connectivity index (χ0) is 15.2. The molecule has 4 nitrogen and oxygen atoms in total. The molecule has 3 N–H and O–H groups in total. The fourth-order valence-electron chi connectivity index (χ4n) is 1.60. The molecule has 0 aliphatic heterocycles. The Kier molecular flexibility index (Phi) is 6.94. The molecule has 1 rings (SSSR count). The lowest BCUT2D eigenvalue weighted by atomic mass is 9.93. The van der Waals surface area contributed by atoms with Crippen molar-refractivity contribution in [2.24, 2.45) is 5.84 Å². The second kappa shape index (κ2) is 7.97. The van der Waals surface area contributed by atoms with Crippen LogP contribution in [0.4, 0.5) is 8.78 Å². The van der Waals surface area contributed by atoms with Crippen molar-refractivity contribution in [2.75, 3.05) is 13.2 Å². The van der Waals surface area contributed by atoms with Crippen LogP contribution in [-0.4, -0.2) is 30.7 Å². The maximum absolute atomic E-state index is 11.9. The smallest absolute Gasteiger partial charge is 0.261 e. The Morgan fingerprint density at radius 1 is 1.45 bits per heavy atom. The maximum atomic E-state index is 11.9. The van der Waals surface area contributed by atoms with Gasteiger partial charge in [-0.05, 0) is 6.42 Å². The highest BCUT2D eigenvalue weighted by Crippen LogP contribution is 2.24. The summed E-state index contributed by atoms with van der Waals surface area (Å²) in [5.41, 5.74) is 3.77. The molecular formula is C13H23F2N3OS. The minimum absolute atomic E-state index is 0.0216. The third kappa shape index (κ3) is 6.21. The predicted octanol–water partition coefficient (Wildman–Crippen LogP) is 2.49. The van der Waals surface area contributed by atoms with Gasteiger partial charge in [0, 0.05) is 29.9 Å². The van der Waals surface area contributed by atoms with Gasteiger partial charge in [0.25, 0.3) is 6.43 Å². The van der Waals surface area contributed by atoms with Crippen molar-refractivity contribution in [1.29, 1.82) is 0 Å². The van der Waals surface area contributed by atoms with Crippen molar-refractivity contribution in [3.05, 3.63) is 16.1 Å². The van der Waals surface area contributed by atoms with Gasteiger partial charge in [0.1, 0.15) is 6.61 Å². The van der Waals surface area contributed by atoms with Crippen LogP contribution in [0.3, 0.4) is 0 Å². The van der Waals surface area contributed by atoms with E-state index in [1.165, 1.54) is 0 Å². The number of nitrogens with two attached hydrogens (primary N) is 1. The predicted molar refractivity (Wildman–Crippen MR) is 77.1 cm³/mol. The third-order valence-electron chi connectivity index (χ3n) is 2.83. The average molecular weight is 307 g/mol. The number of hydrogen-bond donors (Lipinski definition) is 2. The number of aromatic nitrogens is 1. The largest absolute Gasteiger partial charge is 0.375 e. The van der Waals surface area contributed by atoms with Gasteiger partial charge in [-0.15, -0.1) is 11.3 Å². The van der Waals surface area contributed by atoms with Crippen LogP contribution in [0.2, 0.25) is 0 Å². The van der Waals surface area contributed by atoms with Crippen molar-refractivity contribution >= 4 is 11.3 Å². The van der Waals surface area contributed by atoms with Gasteiger partial charge in [0.15, 0.2) is 0 Å². The Bertz CT molecular complexity index is 393. The summed E-state index contributed by atoms with van der Waals surface area (Å²) in [4.78, 5) is 4.59. The molecule has 0 radical (unpaired) electrons. The van der Waals surface area contributed by atoms with Gasteiger partial charge in [0.2, 0.25) is 0 Å². The number of hydrogen-bond acceptors (Lipinski definition) is 5. The molecule has 1 unspecified atom stereocenters. The summed E-state index contributed by atoms with van der Waals surface area (Å²) in [7, 11) is 0. The number of alkyl halides is 2.